The summed E-state index contributed by atoms with van der Waals surface area (Å²) in [6, 6.07) is 0. The number of hydrogen-bond acceptors (Lipinski definition) is 26. The summed E-state index contributed by atoms with van der Waals surface area (Å²) in [4.78, 5) is 0. The average molecular weight is 1170 g/mol. The minimum Gasteiger partial charge on any atom is -0.394 e. The Morgan fingerprint density at radius 3 is 1.64 bits per heavy atom. The molecule has 7 heterocycles. The second-order valence-electron chi connectivity index (χ2n) is 26.2. The number of ether oxygens (including phenoxy) is 12. The van der Waals surface area contributed by atoms with E-state index in [1.54, 1.807) is 0 Å². The van der Waals surface area contributed by atoms with Gasteiger partial charge in [-0.2, -0.15) is 0 Å². The second-order valence-corrected chi connectivity index (χ2v) is 26.2. The van der Waals surface area contributed by atoms with Gasteiger partial charge in [-0.25, -0.2) is 0 Å². The molecule has 4 saturated carbocycles. The van der Waals surface area contributed by atoms with Gasteiger partial charge < -0.3 is 128 Å². The molecule has 11 rings (SSSR count). The number of rotatable bonds is 13. The van der Waals surface area contributed by atoms with Crippen molar-refractivity contribution in [3.8, 4) is 0 Å². The topological polar surface area (TPSA) is 394 Å². The first kappa shape index (κ1) is 61.6. The molecule has 0 aromatic carbocycles. The van der Waals surface area contributed by atoms with Crippen molar-refractivity contribution in [2.75, 3.05) is 39.6 Å². The van der Waals surface area contributed by atoms with Gasteiger partial charge in [-0.05, 0) is 104 Å². The Bertz CT molecular complexity index is 2090. The molecule has 0 unspecified atom stereocenters. The Morgan fingerprint density at radius 2 is 1.01 bits per heavy atom. The van der Waals surface area contributed by atoms with Crippen LogP contribution in [-0.4, -0.2) is 270 Å². The quantitative estimate of drug-likeness (QED) is 0.0786. The van der Waals surface area contributed by atoms with Crippen LogP contribution in [0.25, 0.3) is 0 Å². The van der Waals surface area contributed by atoms with Gasteiger partial charge in [0.25, 0.3) is 0 Å². The molecule has 26 nitrogen and oxygen atoms in total. The van der Waals surface area contributed by atoms with Crippen LogP contribution >= 0.6 is 0 Å². The van der Waals surface area contributed by atoms with E-state index in [9.17, 15) is 71.5 Å². The molecule has 4 aliphatic carbocycles. The first-order valence-electron chi connectivity index (χ1n) is 29.7. The summed E-state index contributed by atoms with van der Waals surface area (Å²) in [7, 11) is 0. The minimum absolute atomic E-state index is 0.0569. The first-order valence-corrected chi connectivity index (χ1v) is 29.7. The monoisotopic (exact) mass is 1170 g/mol. The molecule has 11 aliphatic rings. The summed E-state index contributed by atoms with van der Waals surface area (Å²) >= 11 is 0. The summed E-state index contributed by atoms with van der Waals surface area (Å²) in [5.41, 5.74) is 0.234. The molecule has 1 spiro atoms. The summed E-state index contributed by atoms with van der Waals surface area (Å²) in [5.74, 6) is 2.87. The highest BCUT2D eigenvalue weighted by molar-refractivity contribution is 5.16. The van der Waals surface area contributed by atoms with Gasteiger partial charge in [0, 0.05) is 12.3 Å². The van der Waals surface area contributed by atoms with E-state index in [0.29, 0.717) is 54.3 Å². The van der Waals surface area contributed by atoms with Gasteiger partial charge in [0.15, 0.2) is 37.2 Å². The van der Waals surface area contributed by atoms with Gasteiger partial charge in [-0.3, -0.25) is 0 Å². The maximum atomic E-state index is 12.0. The van der Waals surface area contributed by atoms with Crippen LogP contribution in [-0.2, 0) is 56.8 Å². The van der Waals surface area contributed by atoms with Gasteiger partial charge in [-0.15, -0.1) is 0 Å². The van der Waals surface area contributed by atoms with Gasteiger partial charge in [0.1, 0.15) is 110 Å². The minimum atomic E-state index is -2.03. The van der Waals surface area contributed by atoms with E-state index in [1.165, 1.54) is 0 Å². The zero-order valence-corrected chi connectivity index (χ0v) is 46.4. The molecule has 26 heteroatoms. The Kier molecular flexibility index (Phi) is 18.4. The first-order chi connectivity index (χ1) is 38.6. The van der Waals surface area contributed by atoms with Crippen LogP contribution in [0.15, 0.2) is 0 Å². The Hall–Kier alpha value is -1.04. The zero-order valence-electron chi connectivity index (χ0n) is 46.4. The third kappa shape index (κ3) is 10.9. The molecule has 0 aromatic rings. The number of hydrogen-bond donors (Lipinski definition) is 14. The fraction of sp³-hybridized carbons (Fsp3) is 1.00. The molecule has 7 aliphatic heterocycles. The van der Waals surface area contributed by atoms with E-state index < -0.39 is 180 Å². The normalized spacial score (nSPS) is 57.6. The van der Waals surface area contributed by atoms with E-state index in [2.05, 4.69) is 27.7 Å². The van der Waals surface area contributed by atoms with Gasteiger partial charge in [0.2, 0.25) is 0 Å². The van der Waals surface area contributed by atoms with Crippen molar-refractivity contribution in [3.05, 3.63) is 0 Å². The zero-order chi connectivity index (χ0) is 57.8. The van der Waals surface area contributed by atoms with Crippen molar-refractivity contribution in [1.29, 1.82) is 0 Å². The molecule has 81 heavy (non-hydrogen) atoms. The van der Waals surface area contributed by atoms with Crippen molar-refractivity contribution < 1.29 is 128 Å². The van der Waals surface area contributed by atoms with Crippen LogP contribution in [0.3, 0.4) is 0 Å². The van der Waals surface area contributed by atoms with E-state index in [0.717, 1.165) is 58.0 Å². The lowest BCUT2D eigenvalue weighted by molar-refractivity contribution is -0.412. The highest BCUT2D eigenvalue weighted by Crippen LogP contribution is 2.71. The predicted octanol–water partition coefficient (Wildman–Crippen LogP) is -3.81. The Balaban J connectivity index is 0.790. The molecular formula is C55H90O26. The van der Waals surface area contributed by atoms with E-state index in [1.807, 2.05) is 0 Å². The fourth-order valence-corrected chi connectivity index (χ4v) is 17.1. The standard InChI is InChI=1S/C55H90O26/c1-21-7-12-55(72-18-21)22(2)34-30(81-55)14-27-25-6-5-23-13-24(8-10-53(23,3)26(25)9-11-54(27,34)4)73-50-43(69)40(66)44(33(17-58)76-50)77-52-47(45(38(64)32(16-57)75-52)78-48-41(67)35(61)28(59)19-70-48)80-51-46(39(65)37(63)31(15-56)74-51)79-49-42(68)36(62)29(60)20-71-49/h21-52,56-69H,5-20H2,1-4H3/t21-,22+,23+,24+,25-,26+,27+,28-,29-,30+,31-,32-,33-,34+,35+,36+,37-,38-,39+,40-,41-,42-,43-,44+,45+,46-,47-,48+,49+,50-,51+,52+,53+,54+,55-/m1/s1. The maximum absolute atomic E-state index is 12.0. The van der Waals surface area contributed by atoms with Crippen molar-refractivity contribution >= 4 is 0 Å². The van der Waals surface area contributed by atoms with Gasteiger partial charge in [0.05, 0.1) is 51.8 Å². The third-order valence-corrected chi connectivity index (χ3v) is 21.7. The van der Waals surface area contributed by atoms with E-state index >= 15 is 0 Å². The summed E-state index contributed by atoms with van der Waals surface area (Å²) in [6.07, 6.45) is -31.8. The van der Waals surface area contributed by atoms with Crippen molar-refractivity contribution in [1.82, 2.24) is 0 Å². The fourth-order valence-electron chi connectivity index (χ4n) is 17.1. The highest BCUT2D eigenvalue weighted by Gasteiger charge is 2.69. The van der Waals surface area contributed by atoms with Crippen LogP contribution in [0, 0.1) is 52.3 Å². The summed E-state index contributed by atoms with van der Waals surface area (Å²) < 4.78 is 73.8. The Labute approximate surface area is 470 Å². The molecule has 0 bridgehead atoms. The number of aliphatic hydroxyl groups excluding tert-OH is 14. The lowest BCUT2D eigenvalue weighted by atomic mass is 9.44. The predicted molar refractivity (Wildman–Crippen MR) is 269 cm³/mol. The molecule has 0 aromatic heterocycles. The highest BCUT2D eigenvalue weighted by atomic mass is 16.8. The van der Waals surface area contributed by atoms with Gasteiger partial charge in [-0.1, -0.05) is 27.7 Å². The lowest BCUT2D eigenvalue weighted by Gasteiger charge is -2.61. The third-order valence-electron chi connectivity index (χ3n) is 21.7. The average Bonchev–Trinajstić information content (AvgIpc) is 3.68. The molecule has 7 saturated heterocycles. The van der Waals surface area contributed by atoms with Crippen LogP contribution in [0.4, 0.5) is 0 Å². The number of fused-ring (bicyclic) bond motifs is 7. The molecule has 14 N–H and O–H groups in total. The van der Waals surface area contributed by atoms with Crippen molar-refractivity contribution in [3.63, 3.8) is 0 Å². The molecule has 11 fully saturated rings. The van der Waals surface area contributed by atoms with E-state index in [-0.39, 0.29) is 23.0 Å². The number of aliphatic hydroxyl groups is 14. The molecule has 0 amide bonds. The van der Waals surface area contributed by atoms with Crippen LogP contribution in [0.2, 0.25) is 0 Å². The lowest BCUT2D eigenvalue weighted by Crippen LogP contribution is -2.69. The second kappa shape index (κ2) is 24.2. The largest absolute Gasteiger partial charge is 0.394 e. The molecular weight excluding hydrogens is 1080 g/mol. The summed E-state index contributed by atoms with van der Waals surface area (Å²) in [5, 5.41) is 153. The molecule has 466 valence electrons. The van der Waals surface area contributed by atoms with Crippen molar-refractivity contribution in [2.24, 2.45) is 52.3 Å². The van der Waals surface area contributed by atoms with Crippen molar-refractivity contribution in [2.45, 2.75) is 251 Å². The summed E-state index contributed by atoms with van der Waals surface area (Å²) in [6.45, 7) is 6.55. The Morgan fingerprint density at radius 1 is 0.457 bits per heavy atom. The maximum Gasteiger partial charge on any atom is 0.187 e. The van der Waals surface area contributed by atoms with E-state index in [4.69, 9.17) is 56.8 Å². The molecule has 0 radical (unpaired) electrons. The van der Waals surface area contributed by atoms with Crippen LogP contribution < -0.4 is 0 Å². The SMILES string of the molecule is C[C@@H]1CC[C@@]2(OC1)O[C@H]1C[C@H]3[C@@H]4CC[C@H]5C[C@@H](O[C@@H]6O[C@H](CO)[C@H](O[C@@H]7O[C@H](CO)[C@@H](O)[C@H](O[C@@H]8OC[C@@H](O)[C@H](O)[C@H]8O)[C@H]7O[C@@H]7O[C@H](CO)[C@@H](O)[C@H](O)[C@H]7O[C@@H]7OC[C@@H](O)[C@H](O)[C@H]7O)[C@H](O)[C@H]6O)CC[C@]5(C)[C@H]4CC[C@]3(C)[C@H]1[C@@H]2C. The van der Waals surface area contributed by atoms with Crippen LogP contribution in [0.5, 0.6) is 0 Å². The van der Waals surface area contributed by atoms with Crippen LogP contribution in [0.1, 0.15) is 91.9 Å². The smallest absolute Gasteiger partial charge is 0.187 e. The van der Waals surface area contributed by atoms with Gasteiger partial charge >= 0.3 is 0 Å². The molecule has 35 atom stereocenters.